The van der Waals surface area contributed by atoms with Crippen LogP contribution in [-0.2, 0) is 124 Å². The van der Waals surface area contributed by atoms with Crippen LogP contribution < -0.4 is 26.6 Å². The molecule has 0 radical (unpaired) electrons. The highest BCUT2D eigenvalue weighted by atomic mass is 16.7. The predicted molar refractivity (Wildman–Crippen MR) is 490 cm³/mol. The van der Waals surface area contributed by atoms with Crippen LogP contribution in [0.25, 0.3) is 0 Å². The largest absolute Gasteiger partial charge is 0.463 e. The van der Waals surface area contributed by atoms with Crippen molar-refractivity contribution in [3.05, 3.63) is 0 Å². The van der Waals surface area contributed by atoms with Crippen LogP contribution in [-0.4, -0.2) is 234 Å². The van der Waals surface area contributed by atoms with Crippen molar-refractivity contribution in [1.82, 2.24) is 31.5 Å². The first-order valence-electron chi connectivity index (χ1n) is 50.2. The molecule has 0 saturated carbocycles. The Morgan fingerprint density at radius 2 is 0.763 bits per heavy atom. The average Bonchev–Trinajstić information content (AvgIpc) is 1.19. The fraction of sp³-hybridized carbons (Fsp3) is 0.859. The standard InChI is InChI=1S/C99H168N6O26/c1-61-53-82(127-94(117)45-44-62(2)106)56-105(61)93(116)43-34-49-103-96(119)80(55-84(112)83(104-92(115)42-21-19-20-39-85-67(7)63(3)68(8)86(128-85)57-123-75(15)107)38-24-30-47-101-91(114)41-27-33-52-122-99-74(14)66(6)71(11)89(131-99)60-126-78(18)110)36-23-29-48-102-95(118)79(54-81(111)37-25-31-50-120-97-72(12)64(4)69(9)87(129-97)58-124-76(16)108)35-22-28-46-100-90(113)40-26-32-51-121-98-73(13)65(5)70(10)88(130-98)59-125-77(17)109/h61,63-74,79-80,82-83,85-89,97-99H,19-60H2,1-18H3,(H,100,113)(H,101,114)(H,102,118)(H,103,119)(H,104,115)/t61-,63-,64+,65+,66+,67?,68-,69-,70-,71-,72?,73?,74?,79?,80?,82-,83?,85+,86?,87?,88?,89?,97-,98-,99-/m1/s1/i1D. The molecule has 5 aliphatic heterocycles. The summed E-state index contributed by atoms with van der Waals surface area (Å²) in [5.74, 6) is -3.85. The number of nitrogens with zero attached hydrogens (tertiary/aromatic N) is 1. The molecule has 0 aromatic heterocycles. The van der Waals surface area contributed by atoms with Crippen molar-refractivity contribution in [3.8, 4) is 0 Å². The highest BCUT2D eigenvalue weighted by Crippen LogP contribution is 2.41. The molecule has 0 bridgehead atoms. The third-order valence-electron chi connectivity index (χ3n) is 28.4. The number of carbonyl (C=O) groups excluding carboxylic acids is 14. The number of ether oxygens (including phenoxy) is 12. The highest BCUT2D eigenvalue weighted by molar-refractivity contribution is 5.92. The summed E-state index contributed by atoms with van der Waals surface area (Å²) < 4.78 is 78.8. The van der Waals surface area contributed by atoms with E-state index < -0.39 is 66.7 Å². The number of rotatable bonds is 63. The van der Waals surface area contributed by atoms with Crippen molar-refractivity contribution in [1.29, 1.82) is 0 Å². The molecule has 32 nitrogen and oxygen atoms in total. The van der Waals surface area contributed by atoms with Crippen molar-refractivity contribution < 1.29 is 125 Å². The lowest BCUT2D eigenvalue weighted by Gasteiger charge is -2.43. The topological polar surface area (TPSA) is 413 Å². The molecule has 131 heavy (non-hydrogen) atoms. The summed E-state index contributed by atoms with van der Waals surface area (Å²) in [7, 11) is 0. The van der Waals surface area contributed by atoms with Gasteiger partial charge in [-0.1, -0.05) is 109 Å². The van der Waals surface area contributed by atoms with Crippen LogP contribution >= 0.6 is 0 Å². The summed E-state index contributed by atoms with van der Waals surface area (Å²) in [5.41, 5.74) is 0. The van der Waals surface area contributed by atoms with Gasteiger partial charge in [-0.05, 0) is 170 Å². The molecule has 11 unspecified atom stereocenters. The summed E-state index contributed by atoms with van der Waals surface area (Å²) >= 11 is 0. The number of ketones is 3. The molecule has 32 heteroatoms. The van der Waals surface area contributed by atoms with Gasteiger partial charge in [-0.25, -0.2) is 0 Å². The van der Waals surface area contributed by atoms with E-state index in [2.05, 4.69) is 110 Å². The maximum Gasteiger partial charge on any atom is 0.306 e. The monoisotopic (exact) mass is 1860 g/mol. The summed E-state index contributed by atoms with van der Waals surface area (Å²) in [4.78, 5) is 184. The molecule has 5 fully saturated rings. The maximum absolute atomic E-state index is 15.0. The van der Waals surface area contributed by atoms with Crippen LogP contribution in [0.5, 0.6) is 0 Å². The van der Waals surface area contributed by atoms with E-state index in [1.807, 2.05) is 0 Å². The van der Waals surface area contributed by atoms with Gasteiger partial charge in [-0.3, -0.25) is 62.3 Å². The Morgan fingerprint density at radius 3 is 1.21 bits per heavy atom. The second-order valence-electron chi connectivity index (χ2n) is 38.5. The molecular formula is C99H168N6O26. The van der Waals surface area contributed by atoms with Crippen LogP contribution in [0.15, 0.2) is 0 Å². The van der Waals surface area contributed by atoms with Gasteiger partial charge >= 0.3 is 29.8 Å². The first-order valence-corrected chi connectivity index (χ1v) is 49.5. The number of likely N-dealkylation sites (tertiary alicyclic amines) is 1. The van der Waals surface area contributed by atoms with Crippen LogP contribution in [0.1, 0.15) is 319 Å². The van der Waals surface area contributed by atoms with E-state index in [1.165, 1.54) is 39.5 Å². The van der Waals surface area contributed by atoms with Gasteiger partial charge in [0.2, 0.25) is 35.4 Å². The summed E-state index contributed by atoms with van der Waals surface area (Å²) in [6.45, 7) is 34.7. The maximum atomic E-state index is 15.0. The van der Waals surface area contributed by atoms with Gasteiger partial charge in [0, 0.05) is 168 Å². The van der Waals surface area contributed by atoms with Gasteiger partial charge in [0.1, 0.15) is 44.1 Å². The molecule has 0 aromatic rings. The second-order valence-corrected chi connectivity index (χ2v) is 38.5. The number of nitrogens with one attached hydrogen (secondary N) is 5. The summed E-state index contributed by atoms with van der Waals surface area (Å²) in [5, 5.41) is 15.0. The Labute approximate surface area is 782 Å². The van der Waals surface area contributed by atoms with Crippen LogP contribution in [0.3, 0.4) is 0 Å². The van der Waals surface area contributed by atoms with E-state index in [0.29, 0.717) is 135 Å². The lowest BCUT2D eigenvalue weighted by molar-refractivity contribution is -0.255. The molecule has 750 valence electrons. The minimum atomic E-state index is -1.00. The van der Waals surface area contributed by atoms with E-state index in [9.17, 15) is 67.1 Å². The zero-order chi connectivity index (χ0) is 97.5. The molecule has 5 rings (SSSR count). The van der Waals surface area contributed by atoms with Crippen LogP contribution in [0.2, 0.25) is 0 Å². The normalized spacial score (nSPS) is 27.9. The quantitative estimate of drug-likeness (QED) is 0.0214. The number of esters is 5. The zero-order valence-corrected chi connectivity index (χ0v) is 82.4. The second kappa shape index (κ2) is 61.8. The van der Waals surface area contributed by atoms with Crippen LogP contribution in [0.4, 0.5) is 0 Å². The van der Waals surface area contributed by atoms with Crippen molar-refractivity contribution in [2.75, 3.05) is 79.0 Å². The van der Waals surface area contributed by atoms with Gasteiger partial charge in [-0.2, -0.15) is 0 Å². The number of carbonyl (C=O) groups is 14. The average molecular weight is 1860 g/mol. The third-order valence-corrected chi connectivity index (χ3v) is 28.4. The van der Waals surface area contributed by atoms with Gasteiger partial charge in [0.15, 0.2) is 24.7 Å². The smallest absolute Gasteiger partial charge is 0.306 e. The minimum Gasteiger partial charge on any atom is -0.463 e. The molecule has 5 saturated heterocycles. The first kappa shape index (κ1) is 113. The fourth-order valence-corrected chi connectivity index (χ4v) is 18.2. The van der Waals surface area contributed by atoms with Crippen molar-refractivity contribution in [3.63, 3.8) is 0 Å². The van der Waals surface area contributed by atoms with E-state index in [-0.39, 0.29) is 297 Å². The van der Waals surface area contributed by atoms with Gasteiger partial charge in [0.25, 0.3) is 0 Å². The van der Waals surface area contributed by atoms with Gasteiger partial charge in [-0.15, -0.1) is 0 Å². The Morgan fingerprint density at radius 1 is 0.374 bits per heavy atom. The van der Waals surface area contributed by atoms with E-state index >= 15 is 0 Å². The lowest BCUT2D eigenvalue weighted by Crippen LogP contribution is -2.47. The van der Waals surface area contributed by atoms with Crippen molar-refractivity contribution in [2.45, 2.75) is 385 Å². The summed E-state index contributed by atoms with van der Waals surface area (Å²) in [6.07, 6.45) is 7.14. The molecule has 6 amide bonds. The molecule has 5 aliphatic rings. The fourth-order valence-electron chi connectivity index (χ4n) is 18.2. The van der Waals surface area contributed by atoms with Gasteiger partial charge < -0.3 is 93.1 Å². The molecular weight excluding hydrogens is 1690 g/mol. The number of hydrogen-bond donors (Lipinski definition) is 5. The Kier molecular flexibility index (Phi) is 53.1. The summed E-state index contributed by atoms with van der Waals surface area (Å²) in [6, 6.07) is -1.51. The number of unbranched alkanes of at least 4 members (excludes halogenated alkanes) is 8. The molecule has 0 aliphatic carbocycles. The Balaban J connectivity index is 1.26. The van der Waals surface area contributed by atoms with E-state index in [4.69, 9.17) is 58.2 Å². The number of Topliss-reactive ketones (excluding diaryl/α,β-unsaturated/α-hetero) is 3. The Hall–Kier alpha value is -7.10. The molecule has 0 aromatic carbocycles. The molecule has 25 atom stereocenters. The lowest BCUT2D eigenvalue weighted by atomic mass is 9.75. The zero-order valence-electron chi connectivity index (χ0n) is 83.4. The van der Waals surface area contributed by atoms with E-state index in [0.717, 1.165) is 12.8 Å². The van der Waals surface area contributed by atoms with Crippen LogP contribution in [0, 0.1) is 82.9 Å². The third kappa shape index (κ3) is 42.8. The molecule has 5 N–H and O–H groups in total. The highest BCUT2D eigenvalue weighted by Gasteiger charge is 2.45. The Bertz CT molecular complexity index is 3540. The number of amides is 6. The van der Waals surface area contributed by atoms with Gasteiger partial charge in [0.05, 0.1) is 49.5 Å². The SMILES string of the molecule is [2H]C[C@@H]1C[C@@H](OC(=O)CCC(C)=O)CN1C(=O)CCCNC(=O)C(CCCCNC(=O)C(CCCCNC(=O)CCCCO[C@@H]1OC(COC(C)=O)[C@H](C)[C@H](C)C1C)CC(=O)CCCCO[C@@H]1OC(COC(C)=O)[C@H](C)[C@H](C)C1C)CC(=O)C(CCCCNC(=O)CCCCO[C@@H]1OC(COC(C)=O)[C@H](C)[C@H](C)C1C)NC(=O)CCCCC[C@@H]1OC(COC(C)=O)[C@H](C)[C@H](C)C1C. The van der Waals surface area contributed by atoms with E-state index in [1.54, 1.807) is 0 Å². The molecule has 5 heterocycles. The number of hydrogen-bond acceptors (Lipinski definition) is 26. The minimum absolute atomic E-state index is 0.0111. The predicted octanol–water partition coefficient (Wildman–Crippen LogP) is 12.6. The molecule has 0 spiro atoms. The van der Waals surface area contributed by atoms with Crippen molar-refractivity contribution in [2.24, 2.45) is 82.9 Å². The first-order chi connectivity index (χ1) is 62.8. The van der Waals surface area contributed by atoms with Crippen molar-refractivity contribution >= 4 is 82.6 Å².